The summed E-state index contributed by atoms with van der Waals surface area (Å²) in [5.74, 6) is 0. The molecular formula is C28H40N2. The lowest BCUT2D eigenvalue weighted by Crippen LogP contribution is -2.22. The summed E-state index contributed by atoms with van der Waals surface area (Å²) in [4.78, 5) is 2.61. The molecule has 162 valence electrons. The third kappa shape index (κ3) is 4.58. The van der Waals surface area contributed by atoms with E-state index in [1.165, 1.54) is 60.4 Å². The average Bonchev–Trinajstić information content (AvgIpc) is 3.54. The van der Waals surface area contributed by atoms with Crippen molar-refractivity contribution >= 4 is 17.1 Å². The van der Waals surface area contributed by atoms with Crippen molar-refractivity contribution in [2.45, 2.75) is 84.1 Å². The summed E-state index contributed by atoms with van der Waals surface area (Å²) in [6, 6.07) is 16.3. The number of benzene rings is 2. The number of rotatable bonds is 12. The highest BCUT2D eigenvalue weighted by atomic mass is 15.3. The van der Waals surface area contributed by atoms with Gasteiger partial charge >= 0.3 is 0 Å². The van der Waals surface area contributed by atoms with Crippen molar-refractivity contribution in [3.8, 4) is 0 Å². The Morgan fingerprint density at radius 2 is 1.73 bits per heavy atom. The normalized spacial score (nSPS) is 15.9. The molecule has 0 saturated carbocycles. The summed E-state index contributed by atoms with van der Waals surface area (Å²) in [5.41, 5.74) is 6.73. The molecule has 0 amide bonds. The molecule has 1 heterocycles. The molecule has 30 heavy (non-hydrogen) atoms. The minimum atomic E-state index is 0.00813. The summed E-state index contributed by atoms with van der Waals surface area (Å²) in [5, 5.41) is 3.86. The molecule has 1 N–H and O–H groups in total. The molecule has 0 spiro atoms. The lowest BCUT2D eigenvalue weighted by Gasteiger charge is -2.31. The molecule has 3 rings (SSSR count). The monoisotopic (exact) mass is 404 g/mol. The fraction of sp³-hybridized carbons (Fsp3) is 0.500. The lowest BCUT2D eigenvalue weighted by molar-refractivity contribution is 0.500. The van der Waals surface area contributed by atoms with Gasteiger partial charge in [-0.15, -0.1) is 6.58 Å². The van der Waals surface area contributed by atoms with Crippen LogP contribution in [0.2, 0.25) is 0 Å². The van der Waals surface area contributed by atoms with Gasteiger partial charge in [0.05, 0.1) is 11.4 Å². The van der Waals surface area contributed by atoms with Crippen LogP contribution in [0.15, 0.2) is 55.1 Å². The first-order valence-corrected chi connectivity index (χ1v) is 12.0. The zero-order valence-electron chi connectivity index (χ0n) is 19.5. The first kappa shape index (κ1) is 22.5. The Morgan fingerprint density at radius 1 is 1.00 bits per heavy atom. The second-order valence-corrected chi connectivity index (χ2v) is 8.75. The third-order valence-electron chi connectivity index (χ3n) is 6.93. The van der Waals surface area contributed by atoms with Gasteiger partial charge in [-0.1, -0.05) is 76.9 Å². The van der Waals surface area contributed by atoms with E-state index in [2.05, 4.69) is 93.0 Å². The molecule has 0 aromatic heterocycles. The molecule has 0 aliphatic carbocycles. The number of nitrogens with zero attached hydrogens (tertiary/aromatic N) is 1. The highest BCUT2D eigenvalue weighted by Crippen LogP contribution is 2.43. The molecule has 1 atom stereocenters. The maximum atomic E-state index is 4.20. The van der Waals surface area contributed by atoms with Gasteiger partial charge in [-0.25, -0.2) is 0 Å². The molecule has 1 saturated heterocycles. The summed E-state index contributed by atoms with van der Waals surface area (Å²) >= 11 is 0. The fourth-order valence-electron chi connectivity index (χ4n) is 4.84. The minimum Gasteiger partial charge on any atom is -0.363 e. The van der Waals surface area contributed by atoms with Gasteiger partial charge in [0.1, 0.15) is 0 Å². The van der Waals surface area contributed by atoms with Gasteiger partial charge in [0, 0.05) is 23.7 Å². The summed E-state index contributed by atoms with van der Waals surface area (Å²) in [6.45, 7) is 14.5. The van der Waals surface area contributed by atoms with Crippen molar-refractivity contribution in [3.63, 3.8) is 0 Å². The van der Waals surface area contributed by atoms with Gasteiger partial charge in [-0.05, 0) is 55.4 Å². The highest BCUT2D eigenvalue weighted by Gasteiger charge is 2.36. The Kier molecular flexibility index (Phi) is 7.64. The van der Waals surface area contributed by atoms with E-state index < -0.39 is 0 Å². The Hall–Kier alpha value is -2.22. The zero-order valence-corrected chi connectivity index (χ0v) is 19.5. The predicted octanol–water partition coefficient (Wildman–Crippen LogP) is 8.01. The topological polar surface area (TPSA) is 15.0 Å². The van der Waals surface area contributed by atoms with Crippen molar-refractivity contribution in [1.29, 1.82) is 0 Å². The Morgan fingerprint density at radius 3 is 2.40 bits per heavy atom. The van der Waals surface area contributed by atoms with Gasteiger partial charge in [0.2, 0.25) is 0 Å². The number of nitrogens with one attached hydrogen (secondary N) is 1. The molecule has 2 aromatic rings. The van der Waals surface area contributed by atoms with E-state index in [1.807, 2.05) is 0 Å². The molecule has 1 aliphatic rings. The van der Waals surface area contributed by atoms with Gasteiger partial charge < -0.3 is 10.2 Å². The quantitative estimate of drug-likeness (QED) is 0.285. The van der Waals surface area contributed by atoms with Gasteiger partial charge in [0.15, 0.2) is 0 Å². The smallest absolute Gasteiger partial charge is 0.0641 e. The number of anilines is 3. The molecule has 2 aromatic carbocycles. The number of hydrogen-bond donors (Lipinski definition) is 1. The molecule has 1 fully saturated rings. The van der Waals surface area contributed by atoms with Crippen LogP contribution < -0.4 is 10.2 Å². The van der Waals surface area contributed by atoms with E-state index in [9.17, 15) is 0 Å². The summed E-state index contributed by atoms with van der Waals surface area (Å²) in [7, 11) is 0. The van der Waals surface area contributed by atoms with Crippen LogP contribution in [0.5, 0.6) is 0 Å². The van der Waals surface area contributed by atoms with Crippen LogP contribution in [0.25, 0.3) is 0 Å². The van der Waals surface area contributed by atoms with E-state index in [1.54, 1.807) is 0 Å². The van der Waals surface area contributed by atoms with Gasteiger partial charge in [-0.3, -0.25) is 0 Å². The second kappa shape index (κ2) is 10.2. The molecule has 1 aliphatic heterocycles. The maximum Gasteiger partial charge on any atom is 0.0641 e. The van der Waals surface area contributed by atoms with Crippen molar-refractivity contribution in [1.82, 2.24) is 0 Å². The number of para-hydroxylation sites is 2. The van der Waals surface area contributed by atoms with Crippen LogP contribution in [0.1, 0.15) is 77.3 Å². The minimum absolute atomic E-state index is 0.00813. The largest absolute Gasteiger partial charge is 0.363 e. The molecule has 0 bridgehead atoms. The highest BCUT2D eigenvalue weighted by molar-refractivity contribution is 5.81. The number of allylic oxidation sites excluding steroid dienone is 1. The molecule has 2 nitrogen and oxygen atoms in total. The first-order valence-electron chi connectivity index (χ1n) is 12.0. The molecular weight excluding hydrogens is 364 g/mol. The third-order valence-corrected chi connectivity index (χ3v) is 6.93. The predicted molar refractivity (Wildman–Crippen MR) is 133 cm³/mol. The van der Waals surface area contributed by atoms with Crippen LogP contribution in [0.3, 0.4) is 0 Å². The second-order valence-electron chi connectivity index (χ2n) is 8.75. The van der Waals surface area contributed by atoms with Gasteiger partial charge in [-0.2, -0.15) is 0 Å². The summed E-state index contributed by atoms with van der Waals surface area (Å²) < 4.78 is 0. The van der Waals surface area contributed by atoms with Crippen LogP contribution in [-0.2, 0) is 11.8 Å². The molecule has 0 radical (unpaired) electrons. The van der Waals surface area contributed by atoms with Crippen LogP contribution in [-0.4, -0.2) is 12.6 Å². The Labute approximate surface area is 184 Å². The fourth-order valence-corrected chi connectivity index (χ4v) is 4.84. The van der Waals surface area contributed by atoms with Crippen molar-refractivity contribution in [3.05, 3.63) is 66.2 Å². The van der Waals surface area contributed by atoms with Crippen LogP contribution in [0.4, 0.5) is 17.1 Å². The molecule has 1 unspecified atom stereocenters. The van der Waals surface area contributed by atoms with Crippen LogP contribution in [0, 0.1) is 0 Å². The summed E-state index contributed by atoms with van der Waals surface area (Å²) in [6.07, 6.45) is 10.4. The lowest BCUT2D eigenvalue weighted by atomic mass is 9.75. The van der Waals surface area contributed by atoms with Crippen molar-refractivity contribution in [2.24, 2.45) is 0 Å². The van der Waals surface area contributed by atoms with E-state index in [-0.39, 0.29) is 5.41 Å². The first-order chi connectivity index (χ1) is 14.6. The van der Waals surface area contributed by atoms with Crippen molar-refractivity contribution < 1.29 is 0 Å². The van der Waals surface area contributed by atoms with Crippen LogP contribution >= 0.6 is 0 Å². The van der Waals surface area contributed by atoms with E-state index in [0.29, 0.717) is 6.04 Å². The van der Waals surface area contributed by atoms with E-state index >= 15 is 0 Å². The standard InChI is InChI=1S/C28H40N2/c1-6-11-16-22-17-14-20-26(27(22)30-21-23(30)15-7-2)29-25-19-13-12-18-24(25)28(8-3,9-4)10-5/h8,12-14,17-20,23,29H,3,6-7,9-11,15-16,21H2,1-2,4-5H3. The van der Waals surface area contributed by atoms with Crippen molar-refractivity contribution in [2.75, 3.05) is 16.8 Å². The number of aryl methyl sites for hydroxylation is 1. The SMILES string of the molecule is C=CC(CC)(CC)c1ccccc1Nc1cccc(CCCC)c1N1CC1CCC. The Balaban J connectivity index is 2.01. The Bertz CT molecular complexity index is 834. The van der Waals surface area contributed by atoms with E-state index in [4.69, 9.17) is 0 Å². The molecule has 2 heteroatoms. The maximum absolute atomic E-state index is 4.20. The number of hydrogen-bond acceptors (Lipinski definition) is 2. The zero-order chi connectivity index (χ0) is 21.6. The van der Waals surface area contributed by atoms with E-state index in [0.717, 1.165) is 19.3 Å². The van der Waals surface area contributed by atoms with Gasteiger partial charge in [0.25, 0.3) is 0 Å². The average molecular weight is 405 g/mol. The number of unbranched alkanes of at least 4 members (excludes halogenated alkanes) is 1.